The molecule has 4 heteroatoms. The third-order valence-corrected chi connectivity index (χ3v) is 3.94. The van der Waals surface area contributed by atoms with Gasteiger partial charge in [0.1, 0.15) is 0 Å². The molecule has 2 rings (SSSR count). The molecular formula is C13H19BrN2O. The average molecular weight is 299 g/mol. The van der Waals surface area contributed by atoms with Crippen molar-refractivity contribution in [2.24, 2.45) is 5.73 Å². The van der Waals surface area contributed by atoms with Crippen molar-refractivity contribution >= 4 is 21.6 Å². The predicted molar refractivity (Wildman–Crippen MR) is 74.2 cm³/mol. The van der Waals surface area contributed by atoms with Crippen LogP contribution in [-0.4, -0.2) is 24.3 Å². The van der Waals surface area contributed by atoms with E-state index in [-0.39, 0.29) is 12.1 Å². The number of benzene rings is 1. The number of hydrogen-bond acceptors (Lipinski definition) is 3. The lowest BCUT2D eigenvalue weighted by Gasteiger charge is -2.32. The van der Waals surface area contributed by atoms with Crippen LogP contribution in [0, 0.1) is 0 Å². The maximum Gasteiger partial charge on any atom is 0.0574 e. The highest BCUT2D eigenvalue weighted by molar-refractivity contribution is 9.10. The highest BCUT2D eigenvalue weighted by atomic mass is 79.9. The number of halogens is 1. The first kappa shape index (κ1) is 12.9. The number of aliphatic hydroxyl groups excluding tert-OH is 1. The van der Waals surface area contributed by atoms with Crippen LogP contribution in [0.3, 0.4) is 0 Å². The summed E-state index contributed by atoms with van der Waals surface area (Å²) in [6.07, 6.45) is 1.57. The Kier molecular flexibility index (Phi) is 4.07. The van der Waals surface area contributed by atoms with Gasteiger partial charge >= 0.3 is 0 Å². The second-order valence-corrected chi connectivity index (χ2v) is 5.57. The Morgan fingerprint density at radius 2 is 2.06 bits per heavy atom. The molecule has 1 aromatic rings. The summed E-state index contributed by atoms with van der Waals surface area (Å²) in [5.74, 6) is 0. The molecule has 1 heterocycles. The molecule has 0 aromatic heterocycles. The van der Waals surface area contributed by atoms with E-state index in [1.54, 1.807) is 0 Å². The van der Waals surface area contributed by atoms with Gasteiger partial charge in [-0.1, -0.05) is 6.07 Å². The molecule has 1 fully saturated rings. The van der Waals surface area contributed by atoms with Gasteiger partial charge in [0.05, 0.1) is 11.8 Å². The van der Waals surface area contributed by atoms with Gasteiger partial charge in [0.2, 0.25) is 0 Å². The number of aliphatic hydroxyl groups is 1. The minimum atomic E-state index is -0.131. The van der Waals surface area contributed by atoms with Crippen molar-refractivity contribution < 1.29 is 5.11 Å². The second kappa shape index (κ2) is 5.38. The largest absolute Gasteiger partial charge is 0.393 e. The number of nitrogens with two attached hydrogens (primary N) is 1. The summed E-state index contributed by atoms with van der Waals surface area (Å²) in [7, 11) is 0. The molecule has 0 amide bonds. The van der Waals surface area contributed by atoms with E-state index in [1.807, 2.05) is 6.92 Å². The van der Waals surface area contributed by atoms with Crippen molar-refractivity contribution in [2.45, 2.75) is 31.9 Å². The van der Waals surface area contributed by atoms with Crippen molar-refractivity contribution in [1.29, 1.82) is 0 Å². The number of rotatable bonds is 2. The third kappa shape index (κ3) is 3.00. The van der Waals surface area contributed by atoms with Crippen molar-refractivity contribution in [3.63, 3.8) is 0 Å². The smallest absolute Gasteiger partial charge is 0.0574 e. The highest BCUT2D eigenvalue weighted by Gasteiger charge is 2.19. The lowest BCUT2D eigenvalue weighted by atomic mass is 10.1. The van der Waals surface area contributed by atoms with Crippen LogP contribution in [0.25, 0.3) is 0 Å². The van der Waals surface area contributed by atoms with Crippen LogP contribution >= 0.6 is 15.9 Å². The quantitative estimate of drug-likeness (QED) is 0.882. The first-order valence-corrected chi connectivity index (χ1v) is 6.85. The molecular weight excluding hydrogens is 280 g/mol. The minimum Gasteiger partial charge on any atom is -0.393 e. The molecule has 1 atom stereocenters. The maximum atomic E-state index is 9.51. The summed E-state index contributed by atoms with van der Waals surface area (Å²) in [5.41, 5.74) is 8.19. The van der Waals surface area contributed by atoms with Gasteiger partial charge in [0.15, 0.2) is 0 Å². The second-order valence-electron chi connectivity index (χ2n) is 4.72. The Bertz CT molecular complexity index is 387. The number of piperidine rings is 1. The Morgan fingerprint density at radius 1 is 1.41 bits per heavy atom. The molecule has 1 aliphatic heterocycles. The molecule has 0 unspecified atom stereocenters. The zero-order valence-electron chi connectivity index (χ0n) is 10.1. The fourth-order valence-corrected chi connectivity index (χ4v) is 2.82. The van der Waals surface area contributed by atoms with Crippen LogP contribution in [0.1, 0.15) is 31.4 Å². The summed E-state index contributed by atoms with van der Waals surface area (Å²) < 4.78 is 1.09. The van der Waals surface area contributed by atoms with E-state index in [0.717, 1.165) is 36.0 Å². The summed E-state index contributed by atoms with van der Waals surface area (Å²) in [6, 6.07) is 6.34. The highest BCUT2D eigenvalue weighted by Crippen LogP contribution is 2.30. The van der Waals surface area contributed by atoms with Crippen molar-refractivity contribution in [3.8, 4) is 0 Å². The van der Waals surface area contributed by atoms with Gasteiger partial charge in [0, 0.05) is 23.6 Å². The molecule has 0 bridgehead atoms. The number of anilines is 1. The standard InChI is InChI=1S/C13H19BrN2O/c1-9(15)10-2-3-13(12(14)8-10)16-6-4-11(17)5-7-16/h2-3,8-9,11,17H,4-7,15H2,1H3/t9-/m0/s1. The Hall–Kier alpha value is -0.580. The SMILES string of the molecule is C[C@H](N)c1ccc(N2CCC(O)CC2)c(Br)c1. The third-order valence-electron chi connectivity index (χ3n) is 3.30. The molecule has 3 N–H and O–H groups in total. The lowest BCUT2D eigenvalue weighted by molar-refractivity contribution is 0.145. The van der Waals surface area contributed by atoms with E-state index in [2.05, 4.69) is 39.0 Å². The minimum absolute atomic E-state index is 0.0588. The molecule has 0 aliphatic carbocycles. The summed E-state index contributed by atoms with van der Waals surface area (Å²) in [6.45, 7) is 3.81. The van der Waals surface area contributed by atoms with Crippen LogP contribution in [0.4, 0.5) is 5.69 Å². The maximum absolute atomic E-state index is 9.51. The molecule has 0 spiro atoms. The van der Waals surface area contributed by atoms with Crippen LogP contribution < -0.4 is 10.6 Å². The molecule has 0 saturated carbocycles. The fraction of sp³-hybridized carbons (Fsp3) is 0.538. The summed E-state index contributed by atoms with van der Waals surface area (Å²) >= 11 is 3.61. The predicted octanol–water partition coefficient (Wildman–Crippen LogP) is 2.43. The molecule has 3 nitrogen and oxygen atoms in total. The molecule has 1 aromatic carbocycles. The average Bonchev–Trinajstić information content (AvgIpc) is 2.30. The molecule has 1 saturated heterocycles. The fourth-order valence-electron chi connectivity index (χ4n) is 2.17. The van der Waals surface area contributed by atoms with Gasteiger partial charge in [0.25, 0.3) is 0 Å². The summed E-state index contributed by atoms with van der Waals surface area (Å²) in [4.78, 5) is 2.31. The molecule has 0 radical (unpaired) electrons. The van der Waals surface area contributed by atoms with Gasteiger partial charge in [-0.3, -0.25) is 0 Å². The van der Waals surface area contributed by atoms with E-state index in [9.17, 15) is 5.11 Å². The zero-order valence-corrected chi connectivity index (χ0v) is 11.7. The van der Waals surface area contributed by atoms with Gasteiger partial charge in [-0.2, -0.15) is 0 Å². The Labute approximate surface area is 111 Å². The Balaban J connectivity index is 2.16. The molecule has 1 aliphatic rings. The van der Waals surface area contributed by atoms with Crippen molar-refractivity contribution in [2.75, 3.05) is 18.0 Å². The Morgan fingerprint density at radius 3 is 2.59 bits per heavy atom. The molecule has 94 valence electrons. The van der Waals surface area contributed by atoms with Crippen LogP contribution in [-0.2, 0) is 0 Å². The van der Waals surface area contributed by atoms with Crippen molar-refractivity contribution in [3.05, 3.63) is 28.2 Å². The normalized spacial score (nSPS) is 19.4. The van der Waals surface area contributed by atoms with E-state index < -0.39 is 0 Å². The van der Waals surface area contributed by atoms with Gasteiger partial charge < -0.3 is 15.7 Å². The molecule has 17 heavy (non-hydrogen) atoms. The van der Waals surface area contributed by atoms with Gasteiger partial charge in [-0.15, -0.1) is 0 Å². The first-order valence-electron chi connectivity index (χ1n) is 6.06. The first-order chi connectivity index (χ1) is 8.08. The van der Waals surface area contributed by atoms with E-state index in [0.29, 0.717) is 0 Å². The number of hydrogen-bond donors (Lipinski definition) is 2. The van der Waals surface area contributed by atoms with E-state index in [1.165, 1.54) is 5.69 Å². The zero-order chi connectivity index (χ0) is 12.4. The van der Waals surface area contributed by atoms with E-state index in [4.69, 9.17) is 5.73 Å². The topological polar surface area (TPSA) is 49.5 Å². The van der Waals surface area contributed by atoms with Gasteiger partial charge in [-0.25, -0.2) is 0 Å². The monoisotopic (exact) mass is 298 g/mol. The number of nitrogens with zero attached hydrogens (tertiary/aromatic N) is 1. The summed E-state index contributed by atoms with van der Waals surface area (Å²) in [5, 5.41) is 9.51. The van der Waals surface area contributed by atoms with Crippen LogP contribution in [0.15, 0.2) is 22.7 Å². The van der Waals surface area contributed by atoms with Crippen LogP contribution in [0.5, 0.6) is 0 Å². The van der Waals surface area contributed by atoms with E-state index >= 15 is 0 Å². The van der Waals surface area contributed by atoms with Crippen molar-refractivity contribution in [1.82, 2.24) is 0 Å². The van der Waals surface area contributed by atoms with Crippen LogP contribution in [0.2, 0.25) is 0 Å². The van der Waals surface area contributed by atoms with Gasteiger partial charge in [-0.05, 0) is 53.4 Å². The lowest BCUT2D eigenvalue weighted by Crippen LogP contribution is -2.36.